The monoisotopic (exact) mass is 304 g/mol. The Morgan fingerprint density at radius 1 is 1.25 bits per heavy atom. The quantitative estimate of drug-likeness (QED) is 0.867. The summed E-state index contributed by atoms with van der Waals surface area (Å²) in [6.45, 7) is 2.63. The van der Waals surface area contributed by atoms with Crippen LogP contribution in [0.2, 0.25) is 0 Å². The number of nitrogens with zero attached hydrogens (tertiary/aromatic N) is 1. The van der Waals surface area contributed by atoms with Gasteiger partial charge in [0.05, 0.1) is 16.8 Å². The SMILES string of the molecule is Cc1ncsc1CNCc1ccc(F)c(C(F)(F)F)c1. The summed E-state index contributed by atoms with van der Waals surface area (Å²) in [5.41, 5.74) is 1.77. The minimum atomic E-state index is -4.67. The normalized spacial score (nSPS) is 11.8. The molecule has 0 aliphatic heterocycles. The van der Waals surface area contributed by atoms with Gasteiger partial charge in [-0.25, -0.2) is 9.37 Å². The van der Waals surface area contributed by atoms with Crippen LogP contribution in [0.1, 0.15) is 21.7 Å². The summed E-state index contributed by atoms with van der Waals surface area (Å²) in [6, 6.07) is 3.02. The maximum Gasteiger partial charge on any atom is 0.419 e. The van der Waals surface area contributed by atoms with Crippen LogP contribution in [0.4, 0.5) is 17.6 Å². The number of halogens is 4. The first-order chi connectivity index (χ1) is 9.38. The third kappa shape index (κ3) is 3.55. The van der Waals surface area contributed by atoms with Gasteiger partial charge in [-0.2, -0.15) is 13.2 Å². The molecule has 0 aliphatic rings. The maximum atomic E-state index is 13.1. The van der Waals surface area contributed by atoms with Crippen LogP contribution < -0.4 is 5.32 Å². The molecule has 0 radical (unpaired) electrons. The molecular weight excluding hydrogens is 292 g/mol. The summed E-state index contributed by atoms with van der Waals surface area (Å²) in [7, 11) is 0. The second kappa shape index (κ2) is 5.88. The lowest BCUT2D eigenvalue weighted by Gasteiger charge is -2.10. The number of aromatic nitrogens is 1. The fourth-order valence-corrected chi connectivity index (χ4v) is 2.46. The number of rotatable bonds is 4. The van der Waals surface area contributed by atoms with E-state index in [9.17, 15) is 17.6 Å². The highest BCUT2D eigenvalue weighted by Crippen LogP contribution is 2.31. The molecule has 0 fully saturated rings. The van der Waals surface area contributed by atoms with Crippen LogP contribution in [0.15, 0.2) is 23.7 Å². The molecule has 0 unspecified atom stereocenters. The lowest BCUT2D eigenvalue weighted by atomic mass is 10.1. The predicted octanol–water partition coefficient (Wildman–Crippen LogP) is 3.90. The zero-order chi connectivity index (χ0) is 14.8. The molecule has 1 aromatic heterocycles. The van der Waals surface area contributed by atoms with Crippen molar-refractivity contribution in [2.75, 3.05) is 0 Å². The van der Waals surface area contributed by atoms with Crippen molar-refractivity contribution in [2.24, 2.45) is 0 Å². The second-order valence-corrected chi connectivity index (χ2v) is 5.22. The summed E-state index contributed by atoms with van der Waals surface area (Å²) in [6.07, 6.45) is -4.67. The number of alkyl halides is 3. The van der Waals surface area contributed by atoms with E-state index in [4.69, 9.17) is 0 Å². The number of nitrogens with one attached hydrogen (secondary N) is 1. The minimum Gasteiger partial charge on any atom is -0.308 e. The molecule has 1 heterocycles. The standard InChI is InChI=1S/C13H12F4N2S/c1-8-12(20-7-19-8)6-18-5-9-2-3-11(14)10(4-9)13(15,16)17/h2-4,7,18H,5-6H2,1H3. The molecule has 2 rings (SSSR count). The van der Waals surface area contributed by atoms with Gasteiger partial charge >= 0.3 is 6.18 Å². The zero-order valence-electron chi connectivity index (χ0n) is 10.6. The van der Waals surface area contributed by atoms with Gasteiger partial charge in [0, 0.05) is 18.0 Å². The molecule has 0 aliphatic carbocycles. The van der Waals surface area contributed by atoms with E-state index >= 15 is 0 Å². The van der Waals surface area contributed by atoms with Crippen LogP contribution in [0.5, 0.6) is 0 Å². The van der Waals surface area contributed by atoms with E-state index in [1.807, 2.05) is 6.92 Å². The molecular formula is C13H12F4N2S. The molecule has 0 spiro atoms. The van der Waals surface area contributed by atoms with Gasteiger partial charge in [0.2, 0.25) is 0 Å². The first-order valence-corrected chi connectivity index (χ1v) is 6.71. The molecule has 0 amide bonds. The van der Waals surface area contributed by atoms with Gasteiger partial charge in [-0.3, -0.25) is 0 Å². The average Bonchev–Trinajstić information content (AvgIpc) is 2.76. The van der Waals surface area contributed by atoms with E-state index in [1.165, 1.54) is 17.4 Å². The minimum absolute atomic E-state index is 0.237. The number of hydrogen-bond donors (Lipinski definition) is 1. The van der Waals surface area contributed by atoms with Crippen molar-refractivity contribution in [3.63, 3.8) is 0 Å². The van der Waals surface area contributed by atoms with Crippen LogP contribution in [0.3, 0.4) is 0 Å². The molecule has 108 valence electrons. The highest BCUT2D eigenvalue weighted by molar-refractivity contribution is 7.09. The zero-order valence-corrected chi connectivity index (χ0v) is 11.4. The van der Waals surface area contributed by atoms with Gasteiger partial charge in [0.25, 0.3) is 0 Å². The van der Waals surface area contributed by atoms with E-state index in [0.29, 0.717) is 12.1 Å². The van der Waals surface area contributed by atoms with Gasteiger partial charge in [-0.05, 0) is 24.6 Å². The molecule has 1 aromatic carbocycles. The summed E-state index contributed by atoms with van der Waals surface area (Å²) in [4.78, 5) is 5.11. The highest BCUT2D eigenvalue weighted by atomic mass is 32.1. The molecule has 0 saturated carbocycles. The van der Waals surface area contributed by atoms with Crippen molar-refractivity contribution in [1.82, 2.24) is 10.3 Å². The van der Waals surface area contributed by atoms with Crippen LogP contribution >= 0.6 is 11.3 Å². The summed E-state index contributed by atoms with van der Waals surface area (Å²) >= 11 is 1.48. The van der Waals surface area contributed by atoms with Crippen molar-refractivity contribution in [2.45, 2.75) is 26.2 Å². The van der Waals surface area contributed by atoms with E-state index in [1.54, 1.807) is 5.51 Å². The van der Waals surface area contributed by atoms with E-state index < -0.39 is 17.6 Å². The molecule has 0 atom stereocenters. The smallest absolute Gasteiger partial charge is 0.308 e. The maximum absolute atomic E-state index is 13.1. The molecule has 2 aromatic rings. The van der Waals surface area contributed by atoms with Crippen LogP contribution in [0.25, 0.3) is 0 Å². The number of benzene rings is 1. The van der Waals surface area contributed by atoms with Crippen molar-refractivity contribution >= 4 is 11.3 Å². The number of aryl methyl sites for hydroxylation is 1. The third-order valence-corrected chi connectivity index (χ3v) is 3.73. The van der Waals surface area contributed by atoms with E-state index in [2.05, 4.69) is 10.3 Å². The van der Waals surface area contributed by atoms with E-state index in [0.717, 1.165) is 22.7 Å². The molecule has 20 heavy (non-hydrogen) atoms. The molecule has 2 nitrogen and oxygen atoms in total. The van der Waals surface area contributed by atoms with Crippen molar-refractivity contribution in [1.29, 1.82) is 0 Å². The summed E-state index contributed by atoms with van der Waals surface area (Å²) in [5.74, 6) is -1.25. The fraction of sp³-hybridized carbons (Fsp3) is 0.308. The Balaban J connectivity index is 2.02. The molecule has 7 heteroatoms. The van der Waals surface area contributed by atoms with Gasteiger partial charge in [-0.1, -0.05) is 6.07 Å². The Bertz CT molecular complexity index is 592. The number of thiazole rings is 1. The first-order valence-electron chi connectivity index (χ1n) is 5.83. The van der Waals surface area contributed by atoms with Gasteiger partial charge < -0.3 is 5.32 Å². The topological polar surface area (TPSA) is 24.9 Å². The largest absolute Gasteiger partial charge is 0.419 e. The Morgan fingerprint density at radius 2 is 2.00 bits per heavy atom. The summed E-state index contributed by atoms with van der Waals surface area (Å²) < 4.78 is 50.8. The van der Waals surface area contributed by atoms with Gasteiger partial charge in [-0.15, -0.1) is 11.3 Å². The molecule has 0 saturated heterocycles. The number of hydrogen-bond acceptors (Lipinski definition) is 3. The Hall–Kier alpha value is -1.47. The lowest BCUT2D eigenvalue weighted by molar-refractivity contribution is -0.140. The Kier molecular flexibility index (Phi) is 4.39. The molecule has 0 bridgehead atoms. The summed E-state index contributed by atoms with van der Waals surface area (Å²) in [5, 5.41) is 3.02. The van der Waals surface area contributed by atoms with Crippen LogP contribution in [-0.4, -0.2) is 4.98 Å². The van der Waals surface area contributed by atoms with Gasteiger partial charge in [0.15, 0.2) is 0 Å². The van der Waals surface area contributed by atoms with Crippen LogP contribution in [0, 0.1) is 12.7 Å². The Morgan fingerprint density at radius 3 is 2.60 bits per heavy atom. The lowest BCUT2D eigenvalue weighted by Crippen LogP contribution is -2.14. The predicted molar refractivity (Wildman–Crippen MR) is 68.8 cm³/mol. The van der Waals surface area contributed by atoms with Crippen molar-refractivity contribution in [3.05, 3.63) is 51.2 Å². The third-order valence-electron chi connectivity index (χ3n) is 2.80. The van der Waals surface area contributed by atoms with Crippen molar-refractivity contribution in [3.8, 4) is 0 Å². The fourth-order valence-electron chi connectivity index (χ4n) is 1.72. The average molecular weight is 304 g/mol. The van der Waals surface area contributed by atoms with Crippen molar-refractivity contribution < 1.29 is 17.6 Å². The van der Waals surface area contributed by atoms with E-state index in [-0.39, 0.29) is 6.54 Å². The van der Waals surface area contributed by atoms with Gasteiger partial charge in [0.1, 0.15) is 5.82 Å². The highest BCUT2D eigenvalue weighted by Gasteiger charge is 2.34. The first kappa shape index (κ1) is 14.9. The Labute approximate surface area is 117 Å². The van der Waals surface area contributed by atoms with Crippen LogP contribution in [-0.2, 0) is 19.3 Å². The second-order valence-electron chi connectivity index (χ2n) is 4.28. The molecule has 1 N–H and O–H groups in total.